The van der Waals surface area contributed by atoms with E-state index in [1.54, 1.807) is 6.92 Å². The van der Waals surface area contributed by atoms with Gasteiger partial charge in [-0.15, -0.1) is 0 Å². The number of carbonyl (C=O) groups excluding carboxylic acids is 1. The number of aliphatic hydroxyl groups is 1. The molecular weight excluding hydrogens is 300 g/mol. The molecule has 0 aliphatic carbocycles. The number of nitro groups is 1. The van der Waals surface area contributed by atoms with Gasteiger partial charge in [-0.1, -0.05) is 19.8 Å². The number of carbonyl (C=O) groups is 1. The summed E-state index contributed by atoms with van der Waals surface area (Å²) >= 11 is 0. The van der Waals surface area contributed by atoms with Gasteiger partial charge in [0, 0.05) is 30.0 Å². The molecule has 1 aliphatic rings. The number of aliphatic hydroxyl groups excluding tert-OH is 1. The normalized spacial score (nSPS) is 20.8. The van der Waals surface area contributed by atoms with Crippen LogP contribution < -0.4 is 4.74 Å². The summed E-state index contributed by atoms with van der Waals surface area (Å²) in [7, 11) is 0. The van der Waals surface area contributed by atoms with Gasteiger partial charge in [0.15, 0.2) is 0 Å². The molecule has 2 unspecified atom stereocenters. The van der Waals surface area contributed by atoms with E-state index in [0.717, 1.165) is 19.3 Å². The van der Waals surface area contributed by atoms with Crippen molar-refractivity contribution in [1.82, 2.24) is 0 Å². The lowest BCUT2D eigenvalue weighted by molar-refractivity contribution is -0.385. The molecule has 0 spiro atoms. The average molecular weight is 320 g/mol. The highest BCUT2D eigenvalue weighted by Gasteiger charge is 2.39. The van der Waals surface area contributed by atoms with E-state index in [9.17, 15) is 20.0 Å². The number of ether oxygens (including phenoxy) is 1. The highest BCUT2D eigenvalue weighted by atomic mass is 16.6. The first-order chi connectivity index (χ1) is 11.0. The van der Waals surface area contributed by atoms with Crippen molar-refractivity contribution in [3.63, 3.8) is 0 Å². The predicted molar refractivity (Wildman–Crippen MR) is 84.7 cm³/mol. The number of non-ortho nitro benzene ring substituents is 1. The molecule has 1 heterocycles. The first-order valence-corrected chi connectivity index (χ1v) is 7.64. The first-order valence-electron chi connectivity index (χ1n) is 7.64. The highest BCUT2D eigenvalue weighted by Crippen LogP contribution is 2.38. The first kappa shape index (κ1) is 17.1. The summed E-state index contributed by atoms with van der Waals surface area (Å²) in [6, 6.07) is 3.81. The van der Waals surface area contributed by atoms with Gasteiger partial charge in [-0.05, 0) is 19.4 Å². The standard InChI is InChI=1S/C16H20N2O5/c1-3-4-5-8-17-10(2)14-15(19)12-9-11(18(21)22)6-7-13(12)23-16(14)20/h6-7,9,14-15,19H,3-5,8H2,1-2H3. The van der Waals surface area contributed by atoms with Crippen LogP contribution in [-0.4, -0.2) is 28.3 Å². The zero-order valence-electron chi connectivity index (χ0n) is 13.2. The molecule has 1 N–H and O–H groups in total. The maximum absolute atomic E-state index is 12.1. The number of hydrogen-bond donors (Lipinski definition) is 1. The van der Waals surface area contributed by atoms with Gasteiger partial charge in [0.05, 0.1) is 4.92 Å². The van der Waals surface area contributed by atoms with E-state index in [1.165, 1.54) is 18.2 Å². The lowest BCUT2D eigenvalue weighted by Crippen LogP contribution is -2.36. The second kappa shape index (κ2) is 7.32. The van der Waals surface area contributed by atoms with Crippen LogP contribution in [0.15, 0.2) is 23.2 Å². The lowest BCUT2D eigenvalue weighted by Gasteiger charge is -2.28. The number of benzene rings is 1. The molecule has 0 aromatic heterocycles. The van der Waals surface area contributed by atoms with E-state index < -0.39 is 22.9 Å². The van der Waals surface area contributed by atoms with Crippen LogP contribution in [0.5, 0.6) is 5.75 Å². The number of hydrogen-bond acceptors (Lipinski definition) is 6. The summed E-state index contributed by atoms with van der Waals surface area (Å²) < 4.78 is 5.20. The number of nitrogens with zero attached hydrogens (tertiary/aromatic N) is 2. The summed E-state index contributed by atoms with van der Waals surface area (Å²) in [6.45, 7) is 4.34. The summed E-state index contributed by atoms with van der Waals surface area (Å²) in [5, 5.41) is 21.3. The van der Waals surface area contributed by atoms with Crippen molar-refractivity contribution in [1.29, 1.82) is 0 Å². The van der Waals surface area contributed by atoms with Crippen molar-refractivity contribution < 1.29 is 19.6 Å². The smallest absolute Gasteiger partial charge is 0.323 e. The summed E-state index contributed by atoms with van der Waals surface area (Å²) in [5.74, 6) is -1.36. The molecular formula is C16H20N2O5. The van der Waals surface area contributed by atoms with Gasteiger partial charge in [0.1, 0.15) is 17.8 Å². The molecule has 0 amide bonds. The number of rotatable bonds is 6. The molecule has 1 aliphatic heterocycles. The summed E-state index contributed by atoms with van der Waals surface area (Å²) in [5.41, 5.74) is 0.569. The third kappa shape index (κ3) is 3.73. The molecule has 7 nitrogen and oxygen atoms in total. The van der Waals surface area contributed by atoms with Crippen molar-refractivity contribution in [3.05, 3.63) is 33.9 Å². The van der Waals surface area contributed by atoms with Gasteiger partial charge in [-0.3, -0.25) is 19.9 Å². The van der Waals surface area contributed by atoms with E-state index in [-0.39, 0.29) is 17.0 Å². The van der Waals surface area contributed by atoms with Gasteiger partial charge in [0.2, 0.25) is 0 Å². The maximum Gasteiger partial charge on any atom is 0.323 e. The molecule has 23 heavy (non-hydrogen) atoms. The molecule has 1 aromatic carbocycles. The number of nitro benzene ring substituents is 1. The molecule has 0 saturated heterocycles. The highest BCUT2D eigenvalue weighted by molar-refractivity contribution is 6.03. The average Bonchev–Trinajstić information content (AvgIpc) is 2.51. The van der Waals surface area contributed by atoms with Crippen molar-refractivity contribution in [3.8, 4) is 5.75 Å². The van der Waals surface area contributed by atoms with Crippen LogP contribution in [0.2, 0.25) is 0 Å². The van der Waals surface area contributed by atoms with Gasteiger partial charge < -0.3 is 9.84 Å². The largest absolute Gasteiger partial charge is 0.426 e. The Morgan fingerprint density at radius 1 is 1.43 bits per heavy atom. The molecule has 0 radical (unpaired) electrons. The van der Waals surface area contributed by atoms with Crippen molar-refractivity contribution in [2.24, 2.45) is 10.9 Å². The van der Waals surface area contributed by atoms with Gasteiger partial charge in [-0.2, -0.15) is 0 Å². The fourth-order valence-electron chi connectivity index (χ4n) is 2.57. The Hall–Kier alpha value is -2.28. The Bertz CT molecular complexity index is 641. The quantitative estimate of drug-likeness (QED) is 0.217. The SMILES string of the molecule is CCCCCN=C(C)C1C(=O)Oc2ccc([N+](=O)[O-])cc2C1O. The maximum atomic E-state index is 12.1. The molecule has 0 bridgehead atoms. The van der Waals surface area contributed by atoms with Crippen molar-refractivity contribution >= 4 is 17.4 Å². The van der Waals surface area contributed by atoms with Gasteiger partial charge in [-0.25, -0.2) is 0 Å². The topological polar surface area (TPSA) is 102 Å². The van der Waals surface area contributed by atoms with Crippen LogP contribution >= 0.6 is 0 Å². The summed E-state index contributed by atoms with van der Waals surface area (Å²) in [4.78, 5) is 26.8. The number of unbranched alkanes of at least 4 members (excludes halogenated alkanes) is 2. The second-order valence-corrected chi connectivity index (χ2v) is 5.55. The van der Waals surface area contributed by atoms with Crippen molar-refractivity contribution in [2.45, 2.75) is 39.2 Å². The lowest BCUT2D eigenvalue weighted by atomic mass is 9.89. The van der Waals surface area contributed by atoms with Crippen LogP contribution in [0.3, 0.4) is 0 Å². The monoisotopic (exact) mass is 320 g/mol. The molecule has 0 fully saturated rings. The van der Waals surface area contributed by atoms with Crippen LogP contribution in [0.4, 0.5) is 5.69 Å². The zero-order valence-corrected chi connectivity index (χ0v) is 13.2. The molecule has 2 rings (SSSR count). The van der Waals surface area contributed by atoms with E-state index >= 15 is 0 Å². The molecule has 0 saturated carbocycles. The fourth-order valence-corrected chi connectivity index (χ4v) is 2.57. The Balaban J connectivity index is 2.25. The molecule has 2 atom stereocenters. The molecule has 7 heteroatoms. The van der Waals surface area contributed by atoms with Gasteiger partial charge >= 0.3 is 5.97 Å². The Morgan fingerprint density at radius 2 is 2.17 bits per heavy atom. The third-order valence-corrected chi connectivity index (χ3v) is 3.88. The fraction of sp³-hybridized carbons (Fsp3) is 0.500. The molecule has 1 aromatic rings. The number of esters is 1. The van der Waals surface area contributed by atoms with Gasteiger partial charge in [0.25, 0.3) is 5.69 Å². The summed E-state index contributed by atoms with van der Waals surface area (Å²) in [6.07, 6.45) is 1.83. The minimum Gasteiger partial charge on any atom is -0.426 e. The van der Waals surface area contributed by atoms with Crippen molar-refractivity contribution in [2.75, 3.05) is 6.54 Å². The zero-order chi connectivity index (χ0) is 17.0. The number of fused-ring (bicyclic) bond motifs is 1. The predicted octanol–water partition coefficient (Wildman–Crippen LogP) is 2.81. The third-order valence-electron chi connectivity index (χ3n) is 3.88. The Kier molecular flexibility index (Phi) is 5.44. The van der Waals surface area contributed by atoms with Crippen LogP contribution in [0, 0.1) is 16.0 Å². The Morgan fingerprint density at radius 3 is 2.83 bits per heavy atom. The van der Waals surface area contributed by atoms with E-state index in [2.05, 4.69) is 11.9 Å². The Labute approximate surface area is 134 Å². The van der Waals surface area contributed by atoms with E-state index in [0.29, 0.717) is 12.3 Å². The molecule has 124 valence electrons. The minimum absolute atomic E-state index is 0.156. The second-order valence-electron chi connectivity index (χ2n) is 5.55. The van der Waals surface area contributed by atoms with Crippen LogP contribution in [0.1, 0.15) is 44.8 Å². The van der Waals surface area contributed by atoms with E-state index in [1.807, 2.05) is 0 Å². The van der Waals surface area contributed by atoms with Crippen LogP contribution in [-0.2, 0) is 4.79 Å². The minimum atomic E-state index is -1.19. The number of aliphatic imine (C=N–C) groups is 1. The van der Waals surface area contributed by atoms with Crippen LogP contribution in [0.25, 0.3) is 0 Å². The van der Waals surface area contributed by atoms with E-state index in [4.69, 9.17) is 4.74 Å².